The molecule has 3 aliphatic heterocycles. The Kier molecular flexibility index (Phi) is 17.8. The predicted molar refractivity (Wildman–Crippen MR) is 185 cm³/mol. The summed E-state index contributed by atoms with van der Waals surface area (Å²) in [5, 5.41) is 1.75. The largest absolute Gasteiger partial charge is 0.410 e. The van der Waals surface area contributed by atoms with E-state index in [1.807, 2.05) is 30.3 Å². The zero-order valence-electron chi connectivity index (χ0n) is 31.4. The molecule has 1 unspecified atom stereocenters. The molecule has 0 spiro atoms. The van der Waals surface area contributed by atoms with E-state index in [0.717, 1.165) is 23.7 Å². The highest BCUT2D eigenvalue weighted by Gasteiger charge is 2.61. The van der Waals surface area contributed by atoms with Gasteiger partial charge in [-0.15, -0.1) is 0 Å². The zero-order valence-corrected chi connectivity index (χ0v) is 32.4. The summed E-state index contributed by atoms with van der Waals surface area (Å²) in [6.45, 7) is 6.79. The maximum atomic E-state index is 14.8. The van der Waals surface area contributed by atoms with E-state index in [2.05, 4.69) is 20.8 Å². The van der Waals surface area contributed by atoms with Gasteiger partial charge >= 0.3 is 0 Å². The number of hydrogen-bond donors (Lipinski definition) is 0. The van der Waals surface area contributed by atoms with E-state index in [0.29, 0.717) is 6.54 Å². The van der Waals surface area contributed by atoms with Crippen LogP contribution >= 0.6 is 0 Å². The summed E-state index contributed by atoms with van der Waals surface area (Å²) in [7, 11) is 5.26. The van der Waals surface area contributed by atoms with Crippen molar-refractivity contribution in [1.82, 2.24) is 5.06 Å². The molecule has 0 amide bonds. The van der Waals surface area contributed by atoms with Crippen LogP contribution in [0.15, 0.2) is 30.3 Å². The molecule has 10 atom stereocenters. The Labute approximate surface area is 303 Å². The van der Waals surface area contributed by atoms with Gasteiger partial charge in [-0.3, -0.25) is 4.79 Å². The number of ether oxygens (including phenoxy) is 11. The average Bonchev–Trinajstić information content (AvgIpc) is 3.60. The van der Waals surface area contributed by atoms with Crippen LogP contribution in [-0.2, 0) is 72.7 Å². The first-order valence-corrected chi connectivity index (χ1v) is 20.3. The lowest BCUT2D eigenvalue weighted by molar-refractivity contribution is -0.316. The van der Waals surface area contributed by atoms with Crippen molar-refractivity contribution in [3.05, 3.63) is 35.9 Å². The summed E-state index contributed by atoms with van der Waals surface area (Å²) >= 11 is 0. The first-order chi connectivity index (χ1) is 24.8. The first-order valence-electron chi connectivity index (χ1n) is 17.7. The van der Waals surface area contributed by atoms with Gasteiger partial charge in [-0.1, -0.05) is 51.1 Å². The van der Waals surface area contributed by atoms with Crippen LogP contribution in [0.4, 0.5) is 0 Å². The molecule has 3 fully saturated rings. The third-order valence-electron chi connectivity index (χ3n) is 10.0. The molecule has 0 aromatic heterocycles. The lowest BCUT2D eigenvalue weighted by Crippen LogP contribution is -2.69. The number of carbonyl (C=O) groups excluding carboxylic acids is 1. The number of Topliss-reactive ketones (excluding diaryl/α,β-unsaturated/α-hetero) is 1. The minimum Gasteiger partial charge on any atom is -0.410 e. The van der Waals surface area contributed by atoms with Crippen LogP contribution in [-0.4, -0.2) is 150 Å². The van der Waals surface area contributed by atoms with Crippen LogP contribution in [0.1, 0.15) is 26.3 Å². The van der Waals surface area contributed by atoms with Crippen LogP contribution in [0, 0.1) is 5.92 Å². The van der Waals surface area contributed by atoms with Gasteiger partial charge in [0.2, 0.25) is 0 Å². The minimum atomic E-state index is -2.48. The molecular formula is C35H59NO14Si. The first kappa shape index (κ1) is 42.3. The molecular weight excluding hydrogens is 686 g/mol. The van der Waals surface area contributed by atoms with E-state index in [9.17, 15) is 4.79 Å². The van der Waals surface area contributed by atoms with Gasteiger partial charge in [0.15, 0.2) is 20.4 Å². The zero-order chi connectivity index (χ0) is 36.8. The van der Waals surface area contributed by atoms with Crippen LogP contribution in [0.5, 0.6) is 0 Å². The second-order valence-corrected chi connectivity index (χ2v) is 17.6. The summed E-state index contributed by atoms with van der Waals surface area (Å²) < 4.78 is 73.0. The maximum absolute atomic E-state index is 14.8. The Bertz CT molecular complexity index is 1130. The SMILES string of the molecule is CC[Si](CC)(CC)O[C@@H]([C@@H]1O[C@H](COCOC)[C@H](OCOC)[C@H](OCOC)[C@H]1OCOC)[C@@H]1C(=O)[C@H]2CO[C@H](O2)C1N(Cc1ccccc1)OC. The second-order valence-electron chi connectivity index (χ2n) is 12.8. The van der Waals surface area contributed by atoms with Gasteiger partial charge in [0.1, 0.15) is 63.8 Å². The van der Waals surface area contributed by atoms with Crippen LogP contribution in [0.2, 0.25) is 18.1 Å². The van der Waals surface area contributed by atoms with E-state index < -0.39 is 69.3 Å². The molecule has 3 heterocycles. The van der Waals surface area contributed by atoms with Crippen LogP contribution in [0.25, 0.3) is 0 Å². The Morgan fingerprint density at radius 1 is 0.804 bits per heavy atom. The minimum absolute atomic E-state index is 0.0235. The number of carbonyl (C=O) groups is 1. The highest BCUT2D eigenvalue weighted by Crippen LogP contribution is 2.43. The van der Waals surface area contributed by atoms with E-state index >= 15 is 0 Å². The molecule has 1 aromatic carbocycles. The summed E-state index contributed by atoms with van der Waals surface area (Å²) in [6, 6.07) is 11.6. The monoisotopic (exact) mass is 745 g/mol. The van der Waals surface area contributed by atoms with Crippen molar-refractivity contribution in [2.75, 3.05) is 75.9 Å². The van der Waals surface area contributed by atoms with E-state index in [1.54, 1.807) is 19.3 Å². The normalized spacial score (nSPS) is 30.3. The fourth-order valence-electron chi connectivity index (χ4n) is 7.27. The molecule has 16 heteroatoms. The number of hydrogen-bond acceptors (Lipinski definition) is 15. The van der Waals surface area contributed by atoms with Gasteiger partial charge in [0.05, 0.1) is 38.4 Å². The van der Waals surface area contributed by atoms with Crippen LogP contribution in [0.3, 0.4) is 0 Å². The maximum Gasteiger partial charge on any atom is 0.192 e. The van der Waals surface area contributed by atoms with Crippen molar-refractivity contribution >= 4 is 14.1 Å². The molecule has 0 aliphatic carbocycles. The number of methoxy groups -OCH3 is 4. The van der Waals surface area contributed by atoms with Crippen molar-refractivity contribution in [1.29, 1.82) is 0 Å². The lowest BCUT2D eigenvalue weighted by Gasteiger charge is -2.52. The van der Waals surface area contributed by atoms with E-state index in [1.165, 1.54) is 21.3 Å². The smallest absolute Gasteiger partial charge is 0.192 e. The van der Waals surface area contributed by atoms with Gasteiger partial charge in [0.25, 0.3) is 0 Å². The Morgan fingerprint density at radius 2 is 1.41 bits per heavy atom. The number of fused-ring (bicyclic) bond motifs is 2. The van der Waals surface area contributed by atoms with Crippen molar-refractivity contribution in [2.45, 2.75) is 101 Å². The molecule has 0 saturated carbocycles. The van der Waals surface area contributed by atoms with Crippen molar-refractivity contribution < 1.29 is 66.2 Å². The molecule has 0 N–H and O–H groups in total. The molecule has 0 radical (unpaired) electrons. The van der Waals surface area contributed by atoms with E-state index in [4.69, 9.17) is 61.4 Å². The molecule has 51 heavy (non-hydrogen) atoms. The lowest BCUT2D eigenvalue weighted by atomic mass is 9.79. The molecule has 15 nitrogen and oxygen atoms in total. The van der Waals surface area contributed by atoms with Gasteiger partial charge < -0.3 is 61.4 Å². The van der Waals surface area contributed by atoms with Gasteiger partial charge in [-0.05, 0) is 23.7 Å². The van der Waals surface area contributed by atoms with Crippen molar-refractivity contribution in [3.8, 4) is 0 Å². The predicted octanol–water partition coefficient (Wildman–Crippen LogP) is 3.10. The standard InChI is InChI=1S/C35H59NO14Si/c1-9-51(10-2,11-3)50-31(27-28(35-44-19-25(49-35)29(27)37)36(42-8)17-24-15-13-12-14-16-24)34-33(47-23-41-7)32(46-22-40-6)30(45-21-39-5)26(48-34)18-43-20-38-4/h12-16,25-28,30-35H,9-11,17-23H2,1-8H3/t25-,26-,27+,28?,30+,31-,32+,33-,34+,35-/m1/s1. The number of nitrogens with zero attached hydrogens (tertiary/aromatic N) is 1. The molecule has 3 aliphatic rings. The number of hydroxylamine groups is 2. The third kappa shape index (κ3) is 10.4. The average molecular weight is 746 g/mol. The van der Waals surface area contributed by atoms with E-state index in [-0.39, 0.29) is 46.2 Å². The Hall–Kier alpha value is -1.45. The topological polar surface area (TPSA) is 140 Å². The molecule has 2 bridgehead atoms. The summed E-state index contributed by atoms with van der Waals surface area (Å²) in [5.74, 6) is -0.983. The highest BCUT2D eigenvalue weighted by molar-refractivity contribution is 6.73. The molecule has 4 rings (SSSR count). The van der Waals surface area contributed by atoms with Crippen molar-refractivity contribution in [2.24, 2.45) is 5.92 Å². The fourth-order valence-corrected chi connectivity index (χ4v) is 10.1. The van der Waals surface area contributed by atoms with Gasteiger partial charge in [-0.2, -0.15) is 5.06 Å². The molecule has 292 valence electrons. The van der Waals surface area contributed by atoms with Crippen LogP contribution < -0.4 is 0 Å². The quantitative estimate of drug-likeness (QED) is 0.0662. The number of benzene rings is 1. The highest BCUT2D eigenvalue weighted by atomic mass is 28.4. The summed E-state index contributed by atoms with van der Waals surface area (Å²) in [4.78, 5) is 20.8. The fraction of sp³-hybridized carbons (Fsp3) is 0.800. The molecule has 1 aromatic rings. The van der Waals surface area contributed by atoms with Gasteiger partial charge in [0, 0.05) is 35.0 Å². The summed E-state index contributed by atoms with van der Waals surface area (Å²) in [6.07, 6.45) is -6.40. The Morgan fingerprint density at radius 3 is 2.00 bits per heavy atom. The molecule has 3 saturated heterocycles. The van der Waals surface area contributed by atoms with Crippen molar-refractivity contribution in [3.63, 3.8) is 0 Å². The summed E-state index contributed by atoms with van der Waals surface area (Å²) in [5.41, 5.74) is 0.985. The Balaban J connectivity index is 1.89. The number of rotatable bonds is 24. The number of ketones is 1. The van der Waals surface area contributed by atoms with Gasteiger partial charge in [-0.25, -0.2) is 0 Å². The third-order valence-corrected chi connectivity index (χ3v) is 14.7. The second kappa shape index (κ2) is 21.4.